The van der Waals surface area contributed by atoms with Gasteiger partial charge in [0.1, 0.15) is 32.1 Å². The van der Waals surface area contributed by atoms with Crippen molar-refractivity contribution >= 4 is 35.3 Å². The Morgan fingerprint density at radius 3 is 1.49 bits per heavy atom. The number of hydrogen-bond acceptors (Lipinski definition) is 13. The van der Waals surface area contributed by atoms with E-state index in [4.69, 9.17) is 23.7 Å². The van der Waals surface area contributed by atoms with E-state index in [9.17, 15) is 34.1 Å². The van der Waals surface area contributed by atoms with Crippen molar-refractivity contribution < 1.29 is 52.6 Å². The summed E-state index contributed by atoms with van der Waals surface area (Å²) >= 11 is 0. The maximum absolute atomic E-state index is 14.4. The number of amides is 3. The highest BCUT2D eigenvalue weighted by Crippen LogP contribution is 2.49. The summed E-state index contributed by atoms with van der Waals surface area (Å²) in [5.74, 6) is -2.66. The Kier molecular flexibility index (Phi) is 19.4. The van der Waals surface area contributed by atoms with E-state index in [0.29, 0.717) is 30.0 Å². The van der Waals surface area contributed by atoms with Crippen molar-refractivity contribution in [3.63, 3.8) is 0 Å². The van der Waals surface area contributed by atoms with Gasteiger partial charge >= 0.3 is 11.9 Å². The van der Waals surface area contributed by atoms with E-state index in [1.807, 2.05) is 147 Å². The summed E-state index contributed by atoms with van der Waals surface area (Å²) in [6.07, 6.45) is 0.392. The fourth-order valence-corrected chi connectivity index (χ4v) is 10.3. The van der Waals surface area contributed by atoms with Crippen LogP contribution in [-0.4, -0.2) is 83.1 Å². The van der Waals surface area contributed by atoms with E-state index in [2.05, 4.69) is 10.6 Å². The topological polar surface area (TPSA) is 205 Å². The van der Waals surface area contributed by atoms with E-state index in [-0.39, 0.29) is 110 Å². The average molecular weight is 1120 g/mol. The number of hydrogen-bond donors (Lipinski definition) is 2. The summed E-state index contributed by atoms with van der Waals surface area (Å²) in [4.78, 5) is 84.5. The van der Waals surface area contributed by atoms with Gasteiger partial charge in [0.25, 0.3) is 17.5 Å². The molecule has 3 amide bonds. The van der Waals surface area contributed by atoms with Gasteiger partial charge in [0.2, 0.25) is 5.91 Å². The molecule has 1 saturated heterocycles. The number of nitro groups is 1. The van der Waals surface area contributed by atoms with Crippen LogP contribution in [0.5, 0.6) is 23.0 Å². The third kappa shape index (κ3) is 14.5. The lowest BCUT2D eigenvalue weighted by atomic mass is 9.74. The standard InChI is InChI=1S/C66H65N5O12/c1-44(2)57-58-45(3)54(59(70(58)64(57)74)66(76)83-65(75)50-31-33-51(34-32-50)71(77)78)39-69(38-36-68-63(73)53-28-17-30-56(80-41-47-21-10-5-11-22-47)61(53)82-43-49-25-14-7-15-26-49)37-18-35-67-62(72)52-27-16-29-55(79-40-46-19-8-4-9-20-46)60(52)81-42-48-23-12-6-13-24-48/h4-17,19-34,44-45,57-58H,18,35-43H2,1-3H3,(H,67,72)(H,68,73)/t45-,57+,58+/m0/s1. The van der Waals surface area contributed by atoms with E-state index in [0.717, 1.165) is 34.4 Å². The Labute approximate surface area is 481 Å². The molecule has 0 unspecified atom stereocenters. The third-order valence-electron chi connectivity index (χ3n) is 14.6. The van der Waals surface area contributed by atoms with Gasteiger partial charge in [-0.05, 0) is 76.6 Å². The normalized spacial score (nSPS) is 15.3. The maximum atomic E-state index is 14.4. The molecule has 83 heavy (non-hydrogen) atoms. The lowest BCUT2D eigenvalue weighted by molar-refractivity contribution is -0.384. The second-order valence-electron chi connectivity index (χ2n) is 20.6. The number of nitrogens with zero attached hydrogens (tertiary/aromatic N) is 3. The fourth-order valence-electron chi connectivity index (χ4n) is 10.3. The van der Waals surface area contributed by atoms with Crippen LogP contribution in [0.3, 0.4) is 0 Å². The Hall–Kier alpha value is -9.61. The number of carbonyl (C=O) groups excluding carboxylic acids is 5. The molecule has 0 bridgehead atoms. The minimum absolute atomic E-state index is 0.0491. The van der Waals surface area contributed by atoms with Crippen molar-refractivity contribution in [1.82, 2.24) is 20.4 Å². The van der Waals surface area contributed by atoms with Crippen LogP contribution < -0.4 is 29.6 Å². The molecule has 0 aliphatic carbocycles. The molecule has 0 saturated carbocycles. The molecule has 2 heterocycles. The van der Waals surface area contributed by atoms with Crippen LogP contribution in [0, 0.1) is 27.9 Å². The fraction of sp³-hybridized carbons (Fsp3) is 0.258. The molecule has 2 aliphatic rings. The first-order chi connectivity index (χ1) is 40.3. The van der Waals surface area contributed by atoms with Crippen molar-refractivity contribution in [2.24, 2.45) is 17.8 Å². The van der Waals surface area contributed by atoms with E-state index >= 15 is 0 Å². The highest BCUT2D eigenvalue weighted by molar-refractivity contribution is 6.06. The Balaban J connectivity index is 0.960. The Morgan fingerprint density at radius 1 is 0.578 bits per heavy atom. The van der Waals surface area contributed by atoms with Gasteiger partial charge < -0.3 is 39.2 Å². The number of esters is 2. The molecule has 7 aromatic rings. The minimum atomic E-state index is -1.04. The zero-order chi connectivity index (χ0) is 58.2. The summed E-state index contributed by atoms with van der Waals surface area (Å²) in [5.41, 5.74) is 4.35. The number of para-hydroxylation sites is 2. The van der Waals surface area contributed by atoms with E-state index in [1.54, 1.807) is 36.4 Å². The first kappa shape index (κ1) is 58.1. The summed E-state index contributed by atoms with van der Waals surface area (Å²) in [6, 6.07) is 53.1. The molecule has 7 aromatic carbocycles. The maximum Gasteiger partial charge on any atom is 0.362 e. The first-order valence-electron chi connectivity index (χ1n) is 27.6. The van der Waals surface area contributed by atoms with Gasteiger partial charge in [-0.1, -0.05) is 154 Å². The van der Waals surface area contributed by atoms with Crippen LogP contribution >= 0.6 is 0 Å². The van der Waals surface area contributed by atoms with Gasteiger partial charge in [0.15, 0.2) is 23.0 Å². The second kappa shape index (κ2) is 27.7. The second-order valence-corrected chi connectivity index (χ2v) is 20.6. The number of rotatable bonds is 27. The third-order valence-corrected chi connectivity index (χ3v) is 14.6. The number of carbonyl (C=O) groups is 5. The zero-order valence-electron chi connectivity index (χ0n) is 46.4. The summed E-state index contributed by atoms with van der Waals surface area (Å²) in [5, 5.41) is 17.5. The van der Waals surface area contributed by atoms with Gasteiger partial charge in [-0.3, -0.25) is 29.4 Å². The molecule has 2 aliphatic heterocycles. The van der Waals surface area contributed by atoms with Gasteiger partial charge in [0.05, 0.1) is 33.6 Å². The predicted molar refractivity (Wildman–Crippen MR) is 310 cm³/mol. The molecule has 0 radical (unpaired) electrons. The van der Waals surface area contributed by atoms with Gasteiger partial charge in [-0.25, -0.2) is 9.59 Å². The van der Waals surface area contributed by atoms with Crippen LogP contribution in [-0.2, 0) is 40.8 Å². The lowest BCUT2D eigenvalue weighted by Crippen LogP contribution is -2.62. The molecule has 17 nitrogen and oxygen atoms in total. The predicted octanol–water partition coefficient (Wildman–Crippen LogP) is 10.5. The number of fused-ring (bicyclic) bond motifs is 1. The molecule has 1 fully saturated rings. The molecular weight excluding hydrogens is 1050 g/mol. The van der Waals surface area contributed by atoms with Crippen LogP contribution in [0.15, 0.2) is 193 Å². The smallest absolute Gasteiger partial charge is 0.362 e. The lowest BCUT2D eigenvalue weighted by Gasteiger charge is -2.47. The first-order valence-corrected chi connectivity index (χ1v) is 27.6. The van der Waals surface area contributed by atoms with Gasteiger partial charge in [-0.2, -0.15) is 0 Å². The van der Waals surface area contributed by atoms with Crippen molar-refractivity contribution in [3.8, 4) is 23.0 Å². The SMILES string of the molecule is CC(C)[C@H]1C(=O)N2C(C(=O)OC(=O)c3ccc([N+](=O)[O-])cc3)=C(CN(CCCNC(=O)c3cccc(OCc4ccccc4)c3OCc3ccccc3)CCNC(=O)c3cccc(OCc4ccccc4)c3OCc3ccccc3)[C@H](C)[C@H]12. The molecule has 2 N–H and O–H groups in total. The molecular formula is C66H65N5O12. The average Bonchev–Trinajstić information content (AvgIpc) is 3.56. The van der Waals surface area contributed by atoms with E-state index < -0.39 is 40.6 Å². The number of nitrogens with one attached hydrogen (secondary N) is 2. The number of non-ortho nitro benzene ring substituents is 1. The monoisotopic (exact) mass is 1120 g/mol. The highest BCUT2D eigenvalue weighted by atomic mass is 16.6. The van der Waals surface area contributed by atoms with Crippen molar-refractivity contribution in [3.05, 3.63) is 242 Å². The van der Waals surface area contributed by atoms with Crippen LogP contribution in [0.4, 0.5) is 5.69 Å². The minimum Gasteiger partial charge on any atom is -0.485 e. The van der Waals surface area contributed by atoms with Gasteiger partial charge in [-0.15, -0.1) is 0 Å². The summed E-state index contributed by atoms with van der Waals surface area (Å²) < 4.78 is 30.7. The Bertz CT molecular complexity index is 3430. The van der Waals surface area contributed by atoms with Crippen molar-refractivity contribution in [1.29, 1.82) is 0 Å². The molecule has 3 atom stereocenters. The quantitative estimate of drug-likeness (QED) is 0.0123. The van der Waals surface area contributed by atoms with Crippen LogP contribution in [0.25, 0.3) is 0 Å². The van der Waals surface area contributed by atoms with Crippen molar-refractivity contribution in [2.75, 3.05) is 32.7 Å². The molecule has 17 heteroatoms. The molecule has 426 valence electrons. The molecule has 0 aromatic heterocycles. The zero-order valence-corrected chi connectivity index (χ0v) is 46.4. The number of β-lactam (4-membered cyclic amide) rings is 1. The van der Waals surface area contributed by atoms with Crippen molar-refractivity contribution in [2.45, 2.75) is 59.7 Å². The summed E-state index contributed by atoms with van der Waals surface area (Å²) in [7, 11) is 0. The molecule has 9 rings (SSSR count). The number of nitro benzene ring substituents is 1. The number of benzene rings is 7. The van der Waals surface area contributed by atoms with Gasteiger partial charge in [0, 0.05) is 50.8 Å². The Morgan fingerprint density at radius 2 is 1.04 bits per heavy atom. The molecule has 0 spiro atoms. The van der Waals surface area contributed by atoms with E-state index in [1.165, 1.54) is 17.0 Å². The largest absolute Gasteiger partial charge is 0.485 e. The number of ether oxygens (including phenoxy) is 5. The van der Waals surface area contributed by atoms with Crippen LogP contribution in [0.2, 0.25) is 0 Å². The van der Waals surface area contributed by atoms with Crippen LogP contribution in [0.1, 0.15) is 80.5 Å². The highest BCUT2D eigenvalue weighted by Gasteiger charge is 2.59. The summed E-state index contributed by atoms with van der Waals surface area (Å²) in [6.45, 7) is 7.64.